The van der Waals surface area contributed by atoms with E-state index in [9.17, 15) is 4.79 Å². The summed E-state index contributed by atoms with van der Waals surface area (Å²) in [6.07, 6.45) is 1.68. The molecule has 0 spiro atoms. The predicted molar refractivity (Wildman–Crippen MR) is 43.1 cm³/mol. The standard InChI is InChI=1S/C8H11NO/c1-4-5-9-8(3)7(2)6-10/h4H,1,5H2,2-3H3. The van der Waals surface area contributed by atoms with Gasteiger partial charge in [-0.15, -0.1) is 6.58 Å². The Morgan fingerprint density at radius 3 is 2.70 bits per heavy atom. The normalized spacial score (nSPS) is 10.4. The van der Waals surface area contributed by atoms with Crippen molar-refractivity contribution >= 4 is 11.7 Å². The van der Waals surface area contributed by atoms with Crippen LogP contribution in [0.15, 0.2) is 23.2 Å². The van der Waals surface area contributed by atoms with Crippen LogP contribution >= 0.6 is 0 Å². The van der Waals surface area contributed by atoms with Gasteiger partial charge >= 0.3 is 0 Å². The summed E-state index contributed by atoms with van der Waals surface area (Å²) in [6.45, 7) is 7.53. The fourth-order valence-corrected chi connectivity index (χ4v) is 0.394. The van der Waals surface area contributed by atoms with Crippen molar-refractivity contribution in [2.45, 2.75) is 13.8 Å². The fraction of sp³-hybridized carbons (Fsp3) is 0.375. The summed E-state index contributed by atoms with van der Waals surface area (Å²) < 4.78 is 0. The maximum absolute atomic E-state index is 10.0. The Labute approximate surface area is 61.0 Å². The van der Waals surface area contributed by atoms with E-state index in [-0.39, 0.29) is 0 Å². The van der Waals surface area contributed by atoms with Gasteiger partial charge in [-0.05, 0) is 13.8 Å². The van der Waals surface area contributed by atoms with E-state index in [2.05, 4.69) is 11.6 Å². The van der Waals surface area contributed by atoms with E-state index < -0.39 is 0 Å². The number of carbonyl (C=O) groups excluding carboxylic acids is 1. The molecule has 0 heterocycles. The molecule has 0 fully saturated rings. The van der Waals surface area contributed by atoms with E-state index in [4.69, 9.17) is 0 Å². The van der Waals surface area contributed by atoms with Crippen LogP contribution in [0.2, 0.25) is 0 Å². The first-order valence-corrected chi connectivity index (χ1v) is 3.06. The van der Waals surface area contributed by atoms with Gasteiger partial charge in [0.1, 0.15) is 5.94 Å². The smallest absolute Gasteiger partial charge is 0.129 e. The Bertz CT molecular complexity index is 197. The Hall–Kier alpha value is -1.14. The molecule has 0 atom stereocenters. The van der Waals surface area contributed by atoms with Gasteiger partial charge in [-0.25, -0.2) is 4.79 Å². The lowest BCUT2D eigenvalue weighted by atomic mass is 10.2. The molecule has 2 heteroatoms. The molecular weight excluding hydrogens is 126 g/mol. The van der Waals surface area contributed by atoms with Crippen LogP contribution in [0.1, 0.15) is 13.8 Å². The van der Waals surface area contributed by atoms with Crippen LogP contribution in [-0.4, -0.2) is 18.2 Å². The SMILES string of the molecule is C=CCN=C(C)C(C)=C=O. The second kappa shape index (κ2) is 4.71. The Morgan fingerprint density at radius 1 is 1.70 bits per heavy atom. The quantitative estimate of drug-likeness (QED) is 0.328. The second-order valence-electron chi connectivity index (χ2n) is 1.94. The van der Waals surface area contributed by atoms with E-state index in [1.165, 1.54) is 0 Å². The average Bonchev–Trinajstić information content (AvgIpc) is 1.98. The Kier molecular flexibility index (Phi) is 4.17. The van der Waals surface area contributed by atoms with E-state index in [0.29, 0.717) is 12.1 Å². The maximum atomic E-state index is 10.0. The molecule has 0 aromatic rings. The third kappa shape index (κ3) is 3.00. The lowest BCUT2D eigenvalue weighted by molar-refractivity contribution is 0.568. The lowest BCUT2D eigenvalue weighted by Crippen LogP contribution is -1.94. The predicted octanol–water partition coefficient (Wildman–Crippen LogP) is 1.41. The van der Waals surface area contributed by atoms with Crippen LogP contribution < -0.4 is 0 Å². The van der Waals surface area contributed by atoms with E-state index in [0.717, 1.165) is 5.71 Å². The molecule has 0 rings (SSSR count). The number of rotatable bonds is 3. The molecule has 0 amide bonds. The van der Waals surface area contributed by atoms with Crippen LogP contribution in [0.25, 0.3) is 0 Å². The number of nitrogens with zero attached hydrogens (tertiary/aromatic N) is 1. The van der Waals surface area contributed by atoms with Crippen LogP contribution in [0.5, 0.6) is 0 Å². The summed E-state index contributed by atoms with van der Waals surface area (Å²) in [5.41, 5.74) is 1.29. The fourth-order valence-electron chi connectivity index (χ4n) is 0.394. The molecule has 10 heavy (non-hydrogen) atoms. The highest BCUT2D eigenvalue weighted by Crippen LogP contribution is 1.90. The van der Waals surface area contributed by atoms with Gasteiger partial charge in [0.25, 0.3) is 0 Å². The Balaban J connectivity index is 4.18. The molecule has 0 aromatic heterocycles. The topological polar surface area (TPSA) is 29.4 Å². The van der Waals surface area contributed by atoms with Gasteiger partial charge in [0.2, 0.25) is 0 Å². The van der Waals surface area contributed by atoms with Crippen molar-refractivity contribution in [3.8, 4) is 0 Å². The molecule has 2 nitrogen and oxygen atoms in total. The third-order valence-corrected chi connectivity index (χ3v) is 1.15. The number of hydrogen-bond acceptors (Lipinski definition) is 2. The van der Waals surface area contributed by atoms with E-state index in [1.807, 2.05) is 0 Å². The van der Waals surface area contributed by atoms with Gasteiger partial charge < -0.3 is 0 Å². The summed E-state index contributed by atoms with van der Waals surface area (Å²) in [4.78, 5) is 14.1. The minimum absolute atomic E-state index is 0.557. The summed E-state index contributed by atoms with van der Waals surface area (Å²) in [5.74, 6) is 1.78. The highest BCUT2D eigenvalue weighted by Gasteiger charge is 1.91. The lowest BCUT2D eigenvalue weighted by Gasteiger charge is -1.91. The van der Waals surface area contributed by atoms with Gasteiger partial charge in [0, 0.05) is 5.71 Å². The molecule has 0 radical (unpaired) electrons. The minimum atomic E-state index is 0.557. The molecule has 54 valence electrons. The van der Waals surface area contributed by atoms with Gasteiger partial charge in [-0.3, -0.25) is 4.99 Å². The van der Waals surface area contributed by atoms with Crippen molar-refractivity contribution in [3.05, 3.63) is 18.2 Å². The van der Waals surface area contributed by atoms with Crippen LogP contribution in [0.4, 0.5) is 0 Å². The molecule has 0 aliphatic carbocycles. The summed E-state index contributed by atoms with van der Waals surface area (Å²) in [6, 6.07) is 0. The zero-order valence-electron chi connectivity index (χ0n) is 6.35. The zero-order valence-corrected chi connectivity index (χ0v) is 6.35. The molecule has 0 bridgehead atoms. The van der Waals surface area contributed by atoms with Crippen molar-refractivity contribution < 1.29 is 4.79 Å². The van der Waals surface area contributed by atoms with Crippen LogP contribution in [-0.2, 0) is 4.79 Å². The van der Waals surface area contributed by atoms with Gasteiger partial charge in [-0.2, -0.15) is 0 Å². The number of hydrogen-bond donors (Lipinski definition) is 0. The first kappa shape index (κ1) is 8.86. The van der Waals surface area contributed by atoms with Crippen LogP contribution in [0, 0.1) is 0 Å². The highest BCUT2D eigenvalue weighted by atomic mass is 16.1. The highest BCUT2D eigenvalue weighted by molar-refractivity contribution is 6.03. The molecular formula is C8H11NO. The first-order chi connectivity index (χ1) is 4.72. The first-order valence-electron chi connectivity index (χ1n) is 3.06. The summed E-state index contributed by atoms with van der Waals surface area (Å²) >= 11 is 0. The zero-order chi connectivity index (χ0) is 7.98. The molecule has 0 aromatic carbocycles. The molecule has 0 unspecified atom stereocenters. The van der Waals surface area contributed by atoms with Gasteiger partial charge in [-0.1, -0.05) is 6.08 Å². The molecule has 0 saturated heterocycles. The maximum Gasteiger partial charge on any atom is 0.129 e. The molecule has 0 aliphatic rings. The molecule has 0 N–H and O–H groups in total. The monoisotopic (exact) mass is 137 g/mol. The summed E-state index contributed by atoms with van der Waals surface area (Å²) in [7, 11) is 0. The van der Waals surface area contributed by atoms with Crippen molar-refractivity contribution in [1.82, 2.24) is 0 Å². The van der Waals surface area contributed by atoms with Crippen molar-refractivity contribution in [3.63, 3.8) is 0 Å². The largest absolute Gasteiger partial charge is 0.285 e. The Morgan fingerprint density at radius 2 is 2.30 bits per heavy atom. The van der Waals surface area contributed by atoms with Crippen LogP contribution in [0.3, 0.4) is 0 Å². The third-order valence-electron chi connectivity index (χ3n) is 1.15. The van der Waals surface area contributed by atoms with Crippen molar-refractivity contribution in [2.75, 3.05) is 6.54 Å². The van der Waals surface area contributed by atoms with Crippen molar-refractivity contribution in [1.29, 1.82) is 0 Å². The van der Waals surface area contributed by atoms with Crippen molar-refractivity contribution in [2.24, 2.45) is 4.99 Å². The minimum Gasteiger partial charge on any atom is -0.285 e. The number of allylic oxidation sites excluding steroid dienone is 1. The second-order valence-corrected chi connectivity index (χ2v) is 1.94. The van der Waals surface area contributed by atoms with E-state index >= 15 is 0 Å². The van der Waals surface area contributed by atoms with E-state index in [1.54, 1.807) is 25.9 Å². The van der Waals surface area contributed by atoms with Gasteiger partial charge in [0.05, 0.1) is 12.1 Å². The average molecular weight is 137 g/mol. The summed E-state index contributed by atoms with van der Waals surface area (Å²) in [5, 5.41) is 0. The van der Waals surface area contributed by atoms with Gasteiger partial charge in [0.15, 0.2) is 0 Å². The molecule has 0 saturated carbocycles. The molecule has 0 aliphatic heterocycles. The number of aliphatic imine (C=N–C) groups is 1.